The van der Waals surface area contributed by atoms with E-state index < -0.39 is 5.97 Å². The molecule has 0 radical (unpaired) electrons. The highest BCUT2D eigenvalue weighted by molar-refractivity contribution is 5.92. The van der Waals surface area contributed by atoms with Crippen molar-refractivity contribution in [2.75, 3.05) is 7.11 Å². The molecule has 182 valence electrons. The van der Waals surface area contributed by atoms with Crippen LogP contribution in [-0.4, -0.2) is 29.0 Å². The van der Waals surface area contributed by atoms with Crippen molar-refractivity contribution in [1.82, 2.24) is 9.66 Å². The summed E-state index contributed by atoms with van der Waals surface area (Å²) in [4.78, 5) is 30.6. The van der Waals surface area contributed by atoms with Crippen LogP contribution in [0.25, 0.3) is 22.3 Å². The lowest BCUT2D eigenvalue weighted by Crippen LogP contribution is -2.20. The Labute approximate surface area is 213 Å². The molecule has 5 aromatic rings. The van der Waals surface area contributed by atoms with Gasteiger partial charge in [0.1, 0.15) is 0 Å². The van der Waals surface area contributed by atoms with Crippen LogP contribution in [0.15, 0.2) is 107 Å². The van der Waals surface area contributed by atoms with Crippen molar-refractivity contribution in [3.63, 3.8) is 0 Å². The summed E-state index contributed by atoms with van der Waals surface area (Å²) < 4.78 is 12.3. The van der Waals surface area contributed by atoms with Crippen molar-refractivity contribution in [2.45, 2.75) is 6.92 Å². The van der Waals surface area contributed by atoms with Gasteiger partial charge in [0.05, 0.1) is 29.8 Å². The molecular formula is C30H23N3O4. The Balaban J connectivity index is 1.50. The van der Waals surface area contributed by atoms with E-state index in [2.05, 4.69) is 5.10 Å². The van der Waals surface area contributed by atoms with Gasteiger partial charge in [-0.3, -0.25) is 4.79 Å². The maximum absolute atomic E-state index is 13.3. The zero-order chi connectivity index (χ0) is 25.8. The van der Waals surface area contributed by atoms with Crippen LogP contribution < -0.4 is 15.0 Å². The van der Waals surface area contributed by atoms with Crippen LogP contribution in [0.5, 0.6) is 11.5 Å². The van der Waals surface area contributed by atoms with Gasteiger partial charge in [0.15, 0.2) is 17.3 Å². The standard InChI is InChI=1S/C30H23N3O4/c1-20-9-8-12-23(17-20)30(35)37-26-16-15-21(18-27(26)36-2)19-31-33-28(22-10-4-3-5-11-22)32-25-14-7-6-13-24(25)29(33)34/h3-19H,1-2H3. The largest absolute Gasteiger partial charge is 0.493 e. The number of carbonyl (C=O) groups excluding carboxylic acids is 1. The number of carbonyl (C=O) groups is 1. The highest BCUT2D eigenvalue weighted by Gasteiger charge is 2.14. The fourth-order valence-electron chi connectivity index (χ4n) is 3.91. The van der Waals surface area contributed by atoms with E-state index in [1.54, 1.807) is 60.8 Å². The summed E-state index contributed by atoms with van der Waals surface area (Å²) in [5, 5.41) is 4.95. The molecule has 0 aliphatic heterocycles. The average Bonchev–Trinajstić information content (AvgIpc) is 2.93. The summed E-state index contributed by atoms with van der Waals surface area (Å²) in [5.74, 6) is 0.582. The molecule has 1 heterocycles. The van der Waals surface area contributed by atoms with Gasteiger partial charge in [-0.2, -0.15) is 9.78 Å². The van der Waals surface area contributed by atoms with Crippen LogP contribution in [0, 0.1) is 6.92 Å². The van der Waals surface area contributed by atoms with Gasteiger partial charge in [0, 0.05) is 5.56 Å². The third-order valence-electron chi connectivity index (χ3n) is 5.75. The summed E-state index contributed by atoms with van der Waals surface area (Å²) in [7, 11) is 1.49. The molecular weight excluding hydrogens is 466 g/mol. The second kappa shape index (κ2) is 10.3. The summed E-state index contributed by atoms with van der Waals surface area (Å²) in [6.07, 6.45) is 1.54. The Kier molecular flexibility index (Phi) is 6.59. The lowest BCUT2D eigenvalue weighted by Gasteiger charge is -2.11. The average molecular weight is 490 g/mol. The second-order valence-electron chi connectivity index (χ2n) is 8.35. The number of esters is 1. The summed E-state index contributed by atoms with van der Waals surface area (Å²) in [6, 6.07) is 28.8. The summed E-state index contributed by atoms with van der Waals surface area (Å²) >= 11 is 0. The summed E-state index contributed by atoms with van der Waals surface area (Å²) in [6.45, 7) is 1.91. The number of benzene rings is 4. The van der Waals surface area contributed by atoms with Gasteiger partial charge in [-0.05, 0) is 55.0 Å². The smallest absolute Gasteiger partial charge is 0.343 e. The number of para-hydroxylation sites is 1. The van der Waals surface area contributed by atoms with E-state index in [4.69, 9.17) is 14.5 Å². The molecule has 5 rings (SSSR count). The number of fused-ring (bicyclic) bond motifs is 1. The lowest BCUT2D eigenvalue weighted by atomic mass is 10.1. The molecule has 0 bridgehead atoms. The first-order valence-electron chi connectivity index (χ1n) is 11.6. The third kappa shape index (κ3) is 5.01. The predicted octanol–water partition coefficient (Wildman–Crippen LogP) is 5.48. The molecule has 0 fully saturated rings. The molecule has 37 heavy (non-hydrogen) atoms. The Morgan fingerprint density at radius 2 is 1.68 bits per heavy atom. The Morgan fingerprint density at radius 3 is 2.46 bits per heavy atom. The van der Waals surface area contributed by atoms with Crippen LogP contribution >= 0.6 is 0 Å². The SMILES string of the molecule is COc1cc(C=Nn2c(-c3ccccc3)nc3ccccc3c2=O)ccc1OC(=O)c1cccc(C)c1. The minimum Gasteiger partial charge on any atom is -0.493 e. The van der Waals surface area contributed by atoms with Gasteiger partial charge in [-0.1, -0.05) is 60.2 Å². The first kappa shape index (κ1) is 23.7. The molecule has 7 heteroatoms. The lowest BCUT2D eigenvalue weighted by molar-refractivity contribution is 0.0729. The van der Waals surface area contributed by atoms with Gasteiger partial charge in [-0.15, -0.1) is 0 Å². The zero-order valence-electron chi connectivity index (χ0n) is 20.3. The molecule has 0 spiro atoms. The molecule has 0 aliphatic carbocycles. The van der Waals surface area contributed by atoms with Crippen molar-refractivity contribution >= 4 is 23.1 Å². The minimum absolute atomic E-state index is 0.278. The maximum atomic E-state index is 13.3. The normalized spacial score (nSPS) is 11.1. The molecule has 0 saturated carbocycles. The molecule has 4 aromatic carbocycles. The molecule has 0 aliphatic rings. The van der Waals surface area contributed by atoms with Gasteiger partial charge >= 0.3 is 5.97 Å². The van der Waals surface area contributed by atoms with Crippen LogP contribution in [-0.2, 0) is 0 Å². The number of methoxy groups -OCH3 is 1. The molecule has 0 N–H and O–H groups in total. The summed E-state index contributed by atoms with van der Waals surface area (Å²) in [5.41, 5.74) is 3.13. The van der Waals surface area contributed by atoms with Gasteiger partial charge in [-0.25, -0.2) is 9.78 Å². The Bertz CT molecular complexity index is 1690. The van der Waals surface area contributed by atoms with Crippen molar-refractivity contribution in [2.24, 2.45) is 5.10 Å². The maximum Gasteiger partial charge on any atom is 0.343 e. The fourth-order valence-corrected chi connectivity index (χ4v) is 3.91. The monoisotopic (exact) mass is 489 g/mol. The van der Waals surface area contributed by atoms with E-state index in [0.717, 1.165) is 11.1 Å². The number of aromatic nitrogens is 2. The minimum atomic E-state index is -0.482. The van der Waals surface area contributed by atoms with Crippen molar-refractivity contribution in [3.8, 4) is 22.9 Å². The van der Waals surface area contributed by atoms with E-state index >= 15 is 0 Å². The molecule has 0 unspecified atom stereocenters. The fraction of sp³-hybridized carbons (Fsp3) is 0.0667. The number of ether oxygens (including phenoxy) is 2. The van der Waals surface area contributed by atoms with Crippen molar-refractivity contribution < 1.29 is 14.3 Å². The zero-order valence-corrected chi connectivity index (χ0v) is 20.3. The number of hydrogen-bond acceptors (Lipinski definition) is 6. The third-order valence-corrected chi connectivity index (χ3v) is 5.75. The van der Waals surface area contributed by atoms with E-state index in [9.17, 15) is 9.59 Å². The van der Waals surface area contributed by atoms with Crippen molar-refractivity contribution in [3.05, 3.63) is 124 Å². The van der Waals surface area contributed by atoms with E-state index in [1.807, 2.05) is 49.4 Å². The van der Waals surface area contributed by atoms with Crippen LogP contribution in [0.1, 0.15) is 21.5 Å². The second-order valence-corrected chi connectivity index (χ2v) is 8.35. The van der Waals surface area contributed by atoms with Crippen LogP contribution in [0.4, 0.5) is 0 Å². The molecule has 7 nitrogen and oxygen atoms in total. The highest BCUT2D eigenvalue weighted by atomic mass is 16.6. The first-order valence-corrected chi connectivity index (χ1v) is 11.6. The Morgan fingerprint density at radius 1 is 0.892 bits per heavy atom. The van der Waals surface area contributed by atoms with E-state index in [0.29, 0.717) is 33.6 Å². The van der Waals surface area contributed by atoms with E-state index in [-0.39, 0.29) is 11.3 Å². The molecule has 0 atom stereocenters. The predicted molar refractivity (Wildman–Crippen MR) is 144 cm³/mol. The topological polar surface area (TPSA) is 82.8 Å². The Hall–Kier alpha value is -5.04. The number of nitrogens with zero attached hydrogens (tertiary/aromatic N) is 3. The van der Waals surface area contributed by atoms with Crippen LogP contribution in [0.2, 0.25) is 0 Å². The molecule has 0 saturated heterocycles. The number of hydrogen-bond donors (Lipinski definition) is 0. The van der Waals surface area contributed by atoms with Gasteiger partial charge < -0.3 is 9.47 Å². The molecule has 0 amide bonds. The van der Waals surface area contributed by atoms with Gasteiger partial charge in [0.25, 0.3) is 5.56 Å². The number of aryl methyl sites for hydroxylation is 1. The van der Waals surface area contributed by atoms with E-state index in [1.165, 1.54) is 11.8 Å². The first-order chi connectivity index (χ1) is 18.0. The van der Waals surface area contributed by atoms with Gasteiger partial charge in [0.2, 0.25) is 0 Å². The van der Waals surface area contributed by atoms with Crippen LogP contribution in [0.3, 0.4) is 0 Å². The molecule has 1 aromatic heterocycles. The number of rotatable bonds is 6. The van der Waals surface area contributed by atoms with Crippen molar-refractivity contribution in [1.29, 1.82) is 0 Å². The quantitative estimate of drug-likeness (QED) is 0.179. The highest BCUT2D eigenvalue weighted by Crippen LogP contribution is 2.28.